The lowest BCUT2D eigenvalue weighted by Gasteiger charge is -2.18. The number of hydrogen-bond acceptors (Lipinski definition) is 4. The van der Waals surface area contributed by atoms with E-state index in [2.05, 4.69) is 12.2 Å². The van der Waals surface area contributed by atoms with Crippen LogP contribution in [0.15, 0.2) is 16.8 Å². The number of amides is 2. The number of carbonyl (C=O) groups is 2. The van der Waals surface area contributed by atoms with Crippen LogP contribution in [0.5, 0.6) is 0 Å². The minimum atomic E-state index is -0.521. The van der Waals surface area contributed by atoms with Crippen molar-refractivity contribution in [3.63, 3.8) is 0 Å². The lowest BCUT2D eigenvalue weighted by molar-refractivity contribution is 0.100. The lowest BCUT2D eigenvalue weighted by atomic mass is 9.88. The molecule has 0 aliphatic heterocycles. The van der Waals surface area contributed by atoms with Crippen molar-refractivity contribution < 1.29 is 9.59 Å². The van der Waals surface area contributed by atoms with Crippen LogP contribution in [0.1, 0.15) is 44.5 Å². The number of primary amides is 1. The first-order valence-corrected chi connectivity index (χ1v) is 8.60. The lowest BCUT2D eigenvalue weighted by Crippen LogP contribution is -2.18. The average Bonchev–Trinajstić information content (AvgIpc) is 3.04. The topological polar surface area (TPSA) is 72.2 Å². The molecule has 1 aliphatic carbocycles. The molecule has 2 aromatic rings. The highest BCUT2D eigenvalue weighted by Gasteiger charge is 2.24. The van der Waals surface area contributed by atoms with E-state index in [1.807, 2.05) is 5.38 Å². The first kappa shape index (κ1) is 14.3. The highest BCUT2D eigenvalue weighted by Crippen LogP contribution is 2.33. The third-order valence-corrected chi connectivity index (χ3v) is 5.69. The Morgan fingerprint density at radius 2 is 2.14 bits per heavy atom. The Labute approximate surface area is 131 Å². The zero-order valence-electron chi connectivity index (χ0n) is 11.6. The van der Waals surface area contributed by atoms with Crippen molar-refractivity contribution in [2.75, 3.05) is 5.32 Å². The summed E-state index contributed by atoms with van der Waals surface area (Å²) in [6.07, 6.45) is 3.13. The number of nitrogens with one attached hydrogen (secondary N) is 1. The maximum atomic E-state index is 12.5. The van der Waals surface area contributed by atoms with Gasteiger partial charge in [0.25, 0.3) is 11.8 Å². The maximum absolute atomic E-state index is 12.5. The highest BCUT2D eigenvalue weighted by atomic mass is 32.1. The quantitative estimate of drug-likeness (QED) is 0.911. The summed E-state index contributed by atoms with van der Waals surface area (Å²) < 4.78 is 0. The van der Waals surface area contributed by atoms with E-state index in [9.17, 15) is 9.59 Å². The van der Waals surface area contributed by atoms with Gasteiger partial charge in [0.2, 0.25) is 0 Å². The Bertz CT molecular complexity index is 702. The molecule has 0 bridgehead atoms. The number of fused-ring (bicyclic) bond motifs is 1. The number of carbonyl (C=O) groups excluding carboxylic acids is 2. The third-order valence-electron chi connectivity index (χ3n) is 3.80. The maximum Gasteiger partial charge on any atom is 0.257 e. The molecule has 1 atom stereocenters. The zero-order valence-corrected chi connectivity index (χ0v) is 13.3. The fourth-order valence-corrected chi connectivity index (χ4v) is 4.67. The molecule has 1 aliphatic rings. The molecule has 0 unspecified atom stereocenters. The van der Waals surface area contributed by atoms with Crippen LogP contribution in [0.3, 0.4) is 0 Å². The molecule has 2 aromatic heterocycles. The monoisotopic (exact) mass is 320 g/mol. The second-order valence-corrected chi connectivity index (χ2v) is 7.26. The van der Waals surface area contributed by atoms with E-state index < -0.39 is 5.91 Å². The Hall–Kier alpha value is -1.66. The molecule has 110 valence electrons. The van der Waals surface area contributed by atoms with Crippen molar-refractivity contribution >= 4 is 39.5 Å². The van der Waals surface area contributed by atoms with E-state index >= 15 is 0 Å². The van der Waals surface area contributed by atoms with Crippen molar-refractivity contribution in [3.05, 3.63) is 38.4 Å². The number of thiophene rings is 2. The summed E-state index contributed by atoms with van der Waals surface area (Å²) in [7, 11) is 0. The molecule has 3 rings (SSSR count). The number of hydrogen-bond donors (Lipinski definition) is 2. The minimum absolute atomic E-state index is 0.146. The molecular formula is C15H16N2O2S2. The fourth-order valence-electron chi connectivity index (χ4n) is 2.64. The van der Waals surface area contributed by atoms with Crippen LogP contribution >= 0.6 is 22.7 Å². The summed E-state index contributed by atoms with van der Waals surface area (Å²) >= 11 is 2.97. The van der Waals surface area contributed by atoms with Crippen molar-refractivity contribution in [1.82, 2.24) is 0 Å². The van der Waals surface area contributed by atoms with Gasteiger partial charge < -0.3 is 11.1 Å². The normalized spacial score (nSPS) is 17.3. The van der Waals surface area contributed by atoms with Crippen LogP contribution in [-0.2, 0) is 12.8 Å². The van der Waals surface area contributed by atoms with Crippen molar-refractivity contribution in [2.24, 2.45) is 11.7 Å². The first-order valence-electron chi connectivity index (χ1n) is 6.84. The molecule has 2 heterocycles. The van der Waals surface area contributed by atoms with Crippen LogP contribution in [-0.4, -0.2) is 11.8 Å². The summed E-state index contributed by atoms with van der Waals surface area (Å²) in [5.74, 6) is 0.0190. The molecule has 6 heteroatoms. The van der Waals surface area contributed by atoms with Gasteiger partial charge in [-0.2, -0.15) is 0 Å². The van der Waals surface area contributed by atoms with Gasteiger partial charge in [0, 0.05) is 10.3 Å². The molecule has 21 heavy (non-hydrogen) atoms. The van der Waals surface area contributed by atoms with E-state index in [0.29, 0.717) is 16.5 Å². The molecule has 4 nitrogen and oxygen atoms in total. The summed E-state index contributed by atoms with van der Waals surface area (Å²) in [6, 6.07) is 1.63. The minimum Gasteiger partial charge on any atom is -0.366 e. The van der Waals surface area contributed by atoms with E-state index in [1.165, 1.54) is 21.8 Å². The van der Waals surface area contributed by atoms with E-state index in [4.69, 9.17) is 5.73 Å². The van der Waals surface area contributed by atoms with E-state index in [1.54, 1.807) is 22.8 Å². The van der Waals surface area contributed by atoms with Crippen LogP contribution in [0.25, 0.3) is 0 Å². The predicted octanol–water partition coefficient (Wildman–Crippen LogP) is 3.29. The van der Waals surface area contributed by atoms with Crippen LogP contribution in [0, 0.1) is 5.92 Å². The van der Waals surface area contributed by atoms with Crippen molar-refractivity contribution in [3.8, 4) is 0 Å². The molecule has 0 saturated heterocycles. The molecule has 0 spiro atoms. The Morgan fingerprint density at radius 1 is 1.33 bits per heavy atom. The molecule has 0 saturated carbocycles. The second kappa shape index (κ2) is 5.61. The van der Waals surface area contributed by atoms with Gasteiger partial charge in [-0.1, -0.05) is 6.92 Å². The average molecular weight is 320 g/mol. The molecule has 0 radical (unpaired) electrons. The van der Waals surface area contributed by atoms with Gasteiger partial charge in [0.15, 0.2) is 0 Å². The van der Waals surface area contributed by atoms with Gasteiger partial charge in [-0.3, -0.25) is 9.59 Å². The SMILES string of the molecule is C[C@@H]1CCc2c(C(=O)Nc3sccc3C(N)=O)csc2C1. The van der Waals surface area contributed by atoms with Gasteiger partial charge in [0.1, 0.15) is 5.00 Å². The Morgan fingerprint density at radius 3 is 2.90 bits per heavy atom. The highest BCUT2D eigenvalue weighted by molar-refractivity contribution is 7.14. The zero-order chi connectivity index (χ0) is 15.0. The predicted molar refractivity (Wildman–Crippen MR) is 86.3 cm³/mol. The molecule has 0 aromatic carbocycles. The van der Waals surface area contributed by atoms with E-state index in [0.717, 1.165) is 24.8 Å². The molecule has 2 amide bonds. The Balaban J connectivity index is 1.83. The Kier molecular flexibility index (Phi) is 3.82. The summed E-state index contributed by atoms with van der Waals surface area (Å²) in [5.41, 5.74) is 7.58. The second-order valence-electron chi connectivity index (χ2n) is 5.38. The molecule has 0 fully saturated rings. The smallest absolute Gasteiger partial charge is 0.257 e. The van der Waals surface area contributed by atoms with Crippen LogP contribution in [0.2, 0.25) is 0 Å². The van der Waals surface area contributed by atoms with Gasteiger partial charge in [-0.15, -0.1) is 22.7 Å². The molecule has 3 N–H and O–H groups in total. The first-order chi connectivity index (χ1) is 10.1. The number of nitrogens with two attached hydrogens (primary N) is 1. The molecular weight excluding hydrogens is 304 g/mol. The fraction of sp³-hybridized carbons (Fsp3) is 0.333. The van der Waals surface area contributed by atoms with Crippen LogP contribution in [0.4, 0.5) is 5.00 Å². The number of rotatable bonds is 3. The van der Waals surface area contributed by atoms with Gasteiger partial charge >= 0.3 is 0 Å². The van der Waals surface area contributed by atoms with E-state index in [-0.39, 0.29) is 5.91 Å². The summed E-state index contributed by atoms with van der Waals surface area (Å²) in [6.45, 7) is 2.24. The van der Waals surface area contributed by atoms with Gasteiger partial charge in [0.05, 0.1) is 11.1 Å². The summed E-state index contributed by atoms with van der Waals surface area (Å²) in [5, 5.41) is 7.02. The van der Waals surface area contributed by atoms with Crippen molar-refractivity contribution in [1.29, 1.82) is 0 Å². The van der Waals surface area contributed by atoms with Gasteiger partial charge in [-0.05, 0) is 42.2 Å². The largest absolute Gasteiger partial charge is 0.366 e. The third kappa shape index (κ3) is 2.73. The van der Waals surface area contributed by atoms with Gasteiger partial charge in [-0.25, -0.2) is 0 Å². The standard InChI is InChI=1S/C15H16N2O2S2/c1-8-2-3-9-11(7-21-12(9)6-8)14(19)17-15-10(13(16)18)4-5-20-15/h4-5,7-8H,2-3,6H2,1H3,(H2,16,18)(H,17,19)/t8-/m1/s1. The summed E-state index contributed by atoms with van der Waals surface area (Å²) in [4.78, 5) is 25.1. The van der Waals surface area contributed by atoms with Crippen LogP contribution < -0.4 is 11.1 Å². The van der Waals surface area contributed by atoms with Crippen molar-refractivity contribution in [2.45, 2.75) is 26.2 Å². The number of anilines is 1.